The van der Waals surface area contributed by atoms with Crippen LogP contribution in [-0.2, 0) is 9.59 Å². The van der Waals surface area contributed by atoms with Gasteiger partial charge in [-0.25, -0.2) is 0 Å². The van der Waals surface area contributed by atoms with E-state index in [4.69, 9.17) is 25.8 Å². The molecule has 1 fully saturated rings. The highest BCUT2D eigenvalue weighted by Crippen LogP contribution is 2.46. The van der Waals surface area contributed by atoms with Crippen LogP contribution in [0, 0.1) is 0 Å². The van der Waals surface area contributed by atoms with E-state index < -0.39 is 23.5 Å². The molecular weight excluding hydrogens is 494 g/mol. The summed E-state index contributed by atoms with van der Waals surface area (Å²) < 4.78 is 16.9. The molecule has 4 rings (SSSR count). The summed E-state index contributed by atoms with van der Waals surface area (Å²) in [6, 6.07) is 17.8. The molecule has 37 heavy (non-hydrogen) atoms. The minimum Gasteiger partial charge on any atom is -0.507 e. The number of carbonyl (C=O) groups is 2. The van der Waals surface area contributed by atoms with Crippen molar-refractivity contribution < 1.29 is 28.9 Å². The fourth-order valence-corrected chi connectivity index (χ4v) is 4.52. The quantitative estimate of drug-likeness (QED) is 0.206. The van der Waals surface area contributed by atoms with E-state index in [0.29, 0.717) is 41.7 Å². The lowest BCUT2D eigenvalue weighted by molar-refractivity contribution is -0.132. The average molecular weight is 522 g/mol. The van der Waals surface area contributed by atoms with Crippen LogP contribution in [0.1, 0.15) is 37.4 Å². The Balaban J connectivity index is 1.95. The van der Waals surface area contributed by atoms with Crippen LogP contribution in [0.15, 0.2) is 72.3 Å². The van der Waals surface area contributed by atoms with E-state index in [-0.39, 0.29) is 16.2 Å². The number of methoxy groups -OCH3 is 1. The average Bonchev–Trinajstić information content (AvgIpc) is 3.18. The summed E-state index contributed by atoms with van der Waals surface area (Å²) in [7, 11) is 1.51. The monoisotopic (exact) mass is 521 g/mol. The van der Waals surface area contributed by atoms with E-state index in [2.05, 4.69) is 0 Å². The van der Waals surface area contributed by atoms with Crippen LogP contribution >= 0.6 is 11.6 Å². The Morgan fingerprint density at radius 1 is 0.973 bits per heavy atom. The number of ketones is 1. The molecule has 7 nitrogen and oxygen atoms in total. The molecule has 0 aliphatic carbocycles. The number of aliphatic hydroxyl groups excluding tert-OH is 1. The standard InChI is InChI=1S/C29H28ClNO6/c1-4-15-37-19-10-8-9-18(16-19)31-26(21-11-6-7-12-24(21)35-3)25(28(33)29(31)34)27(32)22-17-20(36-5-2)13-14-23(22)30/h6-14,16-17,26,32H,4-5,15H2,1-3H3/b27-25+. The summed E-state index contributed by atoms with van der Waals surface area (Å²) in [5.41, 5.74) is 1.05. The summed E-state index contributed by atoms with van der Waals surface area (Å²) in [4.78, 5) is 28.4. The van der Waals surface area contributed by atoms with Crippen molar-refractivity contribution >= 4 is 34.7 Å². The second kappa shape index (κ2) is 11.4. The molecule has 0 radical (unpaired) electrons. The Labute approximate surface area is 220 Å². The van der Waals surface area contributed by atoms with Gasteiger partial charge in [-0.15, -0.1) is 0 Å². The van der Waals surface area contributed by atoms with E-state index in [1.54, 1.807) is 66.7 Å². The van der Waals surface area contributed by atoms with E-state index in [1.165, 1.54) is 12.0 Å². The van der Waals surface area contributed by atoms with Gasteiger partial charge in [0.05, 0.1) is 37.0 Å². The minimum atomic E-state index is -0.982. The predicted octanol–water partition coefficient (Wildman–Crippen LogP) is 6.16. The zero-order chi connectivity index (χ0) is 26.5. The molecule has 0 bridgehead atoms. The third kappa shape index (κ3) is 5.13. The number of Topliss-reactive ketones (excluding diaryl/α,β-unsaturated/α-hetero) is 1. The Morgan fingerprint density at radius 2 is 1.73 bits per heavy atom. The van der Waals surface area contributed by atoms with E-state index in [9.17, 15) is 14.7 Å². The molecule has 1 unspecified atom stereocenters. The van der Waals surface area contributed by atoms with Gasteiger partial charge in [-0.3, -0.25) is 14.5 Å². The number of ether oxygens (including phenoxy) is 3. The molecule has 1 aliphatic rings. The lowest BCUT2D eigenvalue weighted by atomic mass is 9.94. The summed E-state index contributed by atoms with van der Waals surface area (Å²) in [5, 5.41) is 11.7. The van der Waals surface area contributed by atoms with Gasteiger partial charge in [0.15, 0.2) is 0 Å². The first-order valence-electron chi connectivity index (χ1n) is 12.0. The number of rotatable bonds is 9. The Hall–Kier alpha value is -3.97. The highest BCUT2D eigenvalue weighted by molar-refractivity contribution is 6.52. The van der Waals surface area contributed by atoms with Gasteiger partial charge >= 0.3 is 0 Å². The van der Waals surface area contributed by atoms with Gasteiger partial charge in [0, 0.05) is 22.9 Å². The summed E-state index contributed by atoms with van der Waals surface area (Å²) in [6.45, 7) is 4.74. The number of anilines is 1. The number of halogens is 1. The Morgan fingerprint density at radius 3 is 2.46 bits per heavy atom. The molecule has 1 saturated heterocycles. The van der Waals surface area contributed by atoms with Gasteiger partial charge in [0.2, 0.25) is 0 Å². The Kier molecular flexibility index (Phi) is 8.04. The van der Waals surface area contributed by atoms with Crippen LogP contribution in [0.2, 0.25) is 5.02 Å². The number of para-hydroxylation sites is 1. The van der Waals surface area contributed by atoms with E-state index >= 15 is 0 Å². The van der Waals surface area contributed by atoms with Crippen molar-refractivity contribution in [3.8, 4) is 17.2 Å². The molecule has 3 aromatic carbocycles. The van der Waals surface area contributed by atoms with Gasteiger partial charge in [0.25, 0.3) is 11.7 Å². The Bertz CT molecular complexity index is 1350. The van der Waals surface area contributed by atoms with Gasteiger partial charge < -0.3 is 19.3 Å². The van der Waals surface area contributed by atoms with Crippen molar-refractivity contribution in [1.29, 1.82) is 0 Å². The fourth-order valence-electron chi connectivity index (χ4n) is 4.32. The third-order valence-corrected chi connectivity index (χ3v) is 6.28. The molecule has 0 aromatic heterocycles. The van der Waals surface area contributed by atoms with Crippen LogP contribution < -0.4 is 19.1 Å². The van der Waals surface area contributed by atoms with Gasteiger partial charge in [-0.05, 0) is 49.7 Å². The number of benzene rings is 3. The molecule has 8 heteroatoms. The lowest BCUT2D eigenvalue weighted by Crippen LogP contribution is -2.29. The first-order valence-corrected chi connectivity index (χ1v) is 12.4. The summed E-state index contributed by atoms with van der Waals surface area (Å²) in [6.07, 6.45) is 0.817. The number of aliphatic hydroxyl groups is 1. The highest BCUT2D eigenvalue weighted by Gasteiger charge is 2.48. The number of nitrogens with zero attached hydrogens (tertiary/aromatic N) is 1. The number of carbonyl (C=O) groups excluding carboxylic acids is 2. The van der Waals surface area contributed by atoms with E-state index in [1.807, 2.05) is 13.8 Å². The molecule has 192 valence electrons. The van der Waals surface area contributed by atoms with Crippen LogP contribution in [-0.4, -0.2) is 37.1 Å². The topological polar surface area (TPSA) is 85.3 Å². The molecule has 3 aromatic rings. The second-order valence-electron chi connectivity index (χ2n) is 8.33. The van der Waals surface area contributed by atoms with Crippen LogP contribution in [0.3, 0.4) is 0 Å². The smallest absolute Gasteiger partial charge is 0.300 e. The largest absolute Gasteiger partial charge is 0.507 e. The summed E-state index contributed by atoms with van der Waals surface area (Å²) >= 11 is 6.43. The molecule has 0 saturated carbocycles. The maximum atomic E-state index is 13.5. The molecular formula is C29H28ClNO6. The molecule has 1 N–H and O–H groups in total. The number of hydrogen-bond donors (Lipinski definition) is 1. The zero-order valence-electron chi connectivity index (χ0n) is 20.9. The first-order chi connectivity index (χ1) is 17.9. The van der Waals surface area contributed by atoms with Crippen molar-refractivity contribution in [2.24, 2.45) is 0 Å². The normalized spacial score (nSPS) is 16.6. The van der Waals surface area contributed by atoms with Crippen molar-refractivity contribution in [1.82, 2.24) is 0 Å². The van der Waals surface area contributed by atoms with E-state index in [0.717, 1.165) is 6.42 Å². The van der Waals surface area contributed by atoms with Crippen LogP contribution in [0.5, 0.6) is 17.2 Å². The first kappa shape index (κ1) is 26.1. The minimum absolute atomic E-state index is 0.107. The number of amides is 1. The van der Waals surface area contributed by atoms with Crippen molar-refractivity contribution in [3.63, 3.8) is 0 Å². The predicted molar refractivity (Wildman–Crippen MR) is 143 cm³/mol. The van der Waals surface area contributed by atoms with Gasteiger partial charge in [0.1, 0.15) is 23.0 Å². The van der Waals surface area contributed by atoms with Crippen LogP contribution in [0.25, 0.3) is 5.76 Å². The van der Waals surface area contributed by atoms with Crippen molar-refractivity contribution in [2.75, 3.05) is 25.2 Å². The van der Waals surface area contributed by atoms with Gasteiger partial charge in [-0.1, -0.05) is 42.8 Å². The molecule has 1 atom stereocenters. The fraction of sp³-hybridized carbons (Fsp3) is 0.241. The maximum Gasteiger partial charge on any atom is 0.300 e. The maximum absolute atomic E-state index is 13.5. The second-order valence-corrected chi connectivity index (χ2v) is 8.74. The SMILES string of the molecule is CCCOc1cccc(N2C(=O)C(=O)/C(=C(/O)c3cc(OCC)ccc3Cl)C2c2ccccc2OC)c1. The number of hydrogen-bond acceptors (Lipinski definition) is 6. The van der Waals surface area contributed by atoms with Crippen molar-refractivity contribution in [2.45, 2.75) is 26.3 Å². The molecule has 1 aliphatic heterocycles. The highest BCUT2D eigenvalue weighted by atomic mass is 35.5. The molecule has 1 amide bonds. The van der Waals surface area contributed by atoms with Crippen molar-refractivity contribution in [3.05, 3.63) is 88.5 Å². The lowest BCUT2D eigenvalue weighted by Gasteiger charge is -2.27. The molecule has 1 heterocycles. The zero-order valence-corrected chi connectivity index (χ0v) is 21.6. The van der Waals surface area contributed by atoms with Crippen LogP contribution in [0.4, 0.5) is 5.69 Å². The summed E-state index contributed by atoms with van der Waals surface area (Å²) in [5.74, 6) is -0.544. The third-order valence-electron chi connectivity index (χ3n) is 5.95. The molecule has 0 spiro atoms. The van der Waals surface area contributed by atoms with Gasteiger partial charge in [-0.2, -0.15) is 0 Å².